The Labute approximate surface area is 191 Å². The summed E-state index contributed by atoms with van der Waals surface area (Å²) in [7, 11) is 0. The second kappa shape index (κ2) is 8.38. The van der Waals surface area contributed by atoms with Gasteiger partial charge in [0.1, 0.15) is 30.1 Å². The minimum Gasteiger partial charge on any atom is -0.478 e. The molecule has 0 N–H and O–H groups in total. The first-order valence-electron chi connectivity index (χ1n) is 9.68. The Morgan fingerprint density at radius 1 is 1.03 bits per heavy atom. The highest BCUT2D eigenvalue weighted by atomic mass is 79.9. The van der Waals surface area contributed by atoms with Crippen molar-refractivity contribution in [1.82, 2.24) is 4.90 Å². The third kappa shape index (κ3) is 4.06. The lowest BCUT2D eigenvalue weighted by molar-refractivity contribution is 0.0890. The second-order valence-corrected chi connectivity index (χ2v) is 8.56. The normalized spacial score (nSPS) is 13.6. The van der Waals surface area contributed by atoms with Crippen LogP contribution in [0.1, 0.15) is 11.1 Å². The van der Waals surface area contributed by atoms with Gasteiger partial charge in [-0.15, -0.1) is 0 Å². The number of benzene rings is 3. The summed E-state index contributed by atoms with van der Waals surface area (Å²) in [5.41, 5.74) is 2.27. The zero-order valence-electron chi connectivity index (χ0n) is 16.3. The van der Waals surface area contributed by atoms with E-state index in [1.165, 1.54) is 6.26 Å². The summed E-state index contributed by atoms with van der Waals surface area (Å²) in [6.45, 7) is 1.75. The second-order valence-electron chi connectivity index (χ2n) is 7.27. The van der Waals surface area contributed by atoms with Crippen LogP contribution in [-0.2, 0) is 13.1 Å². The first-order valence-corrected chi connectivity index (χ1v) is 10.8. The fourth-order valence-electron chi connectivity index (χ4n) is 3.60. The molecular formula is C24H17BrClNO4. The molecule has 3 aromatic carbocycles. The zero-order valence-corrected chi connectivity index (χ0v) is 18.7. The quantitative estimate of drug-likeness (QED) is 0.328. The lowest BCUT2D eigenvalue weighted by Gasteiger charge is -2.29. The Hall–Kier alpha value is -2.80. The molecule has 0 amide bonds. The van der Waals surface area contributed by atoms with Crippen molar-refractivity contribution in [2.24, 2.45) is 0 Å². The highest BCUT2D eigenvalue weighted by Gasteiger charge is 2.23. The van der Waals surface area contributed by atoms with Gasteiger partial charge < -0.3 is 13.9 Å². The van der Waals surface area contributed by atoms with Crippen molar-refractivity contribution in [1.29, 1.82) is 0 Å². The molecule has 0 saturated carbocycles. The Balaban J connectivity index is 1.46. The highest BCUT2D eigenvalue weighted by Crippen LogP contribution is 2.34. The van der Waals surface area contributed by atoms with E-state index in [0.29, 0.717) is 41.6 Å². The van der Waals surface area contributed by atoms with E-state index >= 15 is 0 Å². The number of halogens is 2. The molecule has 1 aliphatic rings. The van der Waals surface area contributed by atoms with Crippen molar-refractivity contribution in [3.63, 3.8) is 0 Å². The molecule has 0 bridgehead atoms. The van der Waals surface area contributed by atoms with Crippen LogP contribution in [0.5, 0.6) is 17.2 Å². The Bertz CT molecular complexity index is 1320. The van der Waals surface area contributed by atoms with E-state index in [0.717, 1.165) is 21.3 Å². The van der Waals surface area contributed by atoms with E-state index in [1.807, 2.05) is 48.5 Å². The average Bonchev–Trinajstić information content (AvgIpc) is 2.78. The summed E-state index contributed by atoms with van der Waals surface area (Å²) < 4.78 is 18.4. The topological polar surface area (TPSA) is 51.9 Å². The maximum Gasteiger partial charge on any atom is 0.235 e. The van der Waals surface area contributed by atoms with E-state index < -0.39 is 0 Å². The molecule has 0 spiro atoms. The van der Waals surface area contributed by atoms with Gasteiger partial charge in [0, 0.05) is 18.1 Å². The van der Waals surface area contributed by atoms with Gasteiger partial charge in [-0.25, -0.2) is 0 Å². The van der Waals surface area contributed by atoms with E-state index in [1.54, 1.807) is 12.1 Å². The number of ether oxygens (including phenoxy) is 2. The third-order valence-electron chi connectivity index (χ3n) is 5.13. The predicted octanol–water partition coefficient (Wildman–Crippen LogP) is 6.35. The zero-order chi connectivity index (χ0) is 21.4. The van der Waals surface area contributed by atoms with Crippen LogP contribution in [0.3, 0.4) is 0 Å². The van der Waals surface area contributed by atoms with E-state index in [4.69, 9.17) is 25.5 Å². The summed E-state index contributed by atoms with van der Waals surface area (Å²) in [6.07, 6.45) is 1.36. The summed E-state index contributed by atoms with van der Waals surface area (Å²) in [4.78, 5) is 15.2. The predicted molar refractivity (Wildman–Crippen MR) is 123 cm³/mol. The molecule has 31 heavy (non-hydrogen) atoms. The van der Waals surface area contributed by atoms with Crippen LogP contribution < -0.4 is 14.9 Å². The molecule has 0 fully saturated rings. The summed E-state index contributed by atoms with van der Waals surface area (Å²) in [5, 5.41) is 1.16. The minimum atomic E-state index is -0.227. The molecule has 0 aliphatic carbocycles. The number of nitrogens with zero attached hydrogens (tertiary/aromatic N) is 1. The molecule has 5 nitrogen and oxygen atoms in total. The largest absolute Gasteiger partial charge is 0.478 e. The van der Waals surface area contributed by atoms with E-state index in [2.05, 4.69) is 20.8 Å². The standard InChI is InChI=1S/C24H17BrClNO4/c25-19-3-1-2-4-21(19)31-22-13-29-24-17(23(22)28)9-10-20-18(24)12-27(14-30-20)11-15-5-7-16(26)8-6-15/h1-10,13H,11-12,14H2. The lowest BCUT2D eigenvalue weighted by atomic mass is 10.1. The molecule has 1 aliphatic heterocycles. The van der Waals surface area contributed by atoms with Crippen LogP contribution in [0.15, 0.2) is 80.6 Å². The molecule has 5 rings (SSSR count). The van der Waals surface area contributed by atoms with Crippen molar-refractivity contribution in [2.45, 2.75) is 13.1 Å². The third-order valence-corrected chi connectivity index (χ3v) is 6.04. The van der Waals surface area contributed by atoms with Crippen molar-refractivity contribution in [3.05, 3.63) is 97.8 Å². The number of rotatable bonds is 4. The highest BCUT2D eigenvalue weighted by molar-refractivity contribution is 9.10. The minimum absolute atomic E-state index is 0.133. The molecule has 0 saturated heterocycles. The lowest BCUT2D eigenvalue weighted by Crippen LogP contribution is -2.31. The van der Waals surface area contributed by atoms with Gasteiger partial charge in [-0.3, -0.25) is 9.69 Å². The first kappa shape index (κ1) is 20.1. The van der Waals surface area contributed by atoms with Crippen LogP contribution in [-0.4, -0.2) is 11.6 Å². The maximum absolute atomic E-state index is 13.1. The van der Waals surface area contributed by atoms with Gasteiger partial charge in [0.2, 0.25) is 11.2 Å². The molecule has 0 atom stereocenters. The smallest absolute Gasteiger partial charge is 0.235 e. The van der Waals surface area contributed by atoms with Gasteiger partial charge in [0.25, 0.3) is 0 Å². The number of hydrogen-bond acceptors (Lipinski definition) is 5. The number of hydrogen-bond donors (Lipinski definition) is 0. The van der Waals surface area contributed by atoms with Crippen LogP contribution >= 0.6 is 27.5 Å². The van der Waals surface area contributed by atoms with Gasteiger partial charge in [0.05, 0.1) is 15.4 Å². The number of para-hydroxylation sites is 1. The van der Waals surface area contributed by atoms with Gasteiger partial charge in [-0.2, -0.15) is 0 Å². The Morgan fingerprint density at radius 3 is 2.65 bits per heavy atom. The van der Waals surface area contributed by atoms with Gasteiger partial charge in [-0.05, 0) is 57.9 Å². The van der Waals surface area contributed by atoms with Crippen molar-refractivity contribution in [3.8, 4) is 17.2 Å². The van der Waals surface area contributed by atoms with Crippen molar-refractivity contribution < 1.29 is 13.9 Å². The van der Waals surface area contributed by atoms with Gasteiger partial charge in [0.15, 0.2) is 0 Å². The molecule has 4 aromatic rings. The molecule has 7 heteroatoms. The summed E-state index contributed by atoms with van der Waals surface area (Å²) in [6, 6.07) is 18.6. The molecule has 2 heterocycles. The van der Waals surface area contributed by atoms with Crippen LogP contribution in [0.25, 0.3) is 11.0 Å². The van der Waals surface area contributed by atoms with Crippen molar-refractivity contribution in [2.75, 3.05) is 6.73 Å². The fourth-order valence-corrected chi connectivity index (χ4v) is 4.09. The summed E-state index contributed by atoms with van der Waals surface area (Å²) in [5.74, 6) is 1.40. The monoisotopic (exact) mass is 497 g/mol. The van der Waals surface area contributed by atoms with Gasteiger partial charge >= 0.3 is 0 Å². The van der Waals surface area contributed by atoms with E-state index in [9.17, 15) is 4.79 Å². The maximum atomic E-state index is 13.1. The molecule has 0 unspecified atom stereocenters. The van der Waals surface area contributed by atoms with E-state index in [-0.39, 0.29) is 11.2 Å². The van der Waals surface area contributed by atoms with Crippen LogP contribution in [0.4, 0.5) is 0 Å². The molecule has 0 radical (unpaired) electrons. The summed E-state index contributed by atoms with van der Waals surface area (Å²) >= 11 is 9.41. The fraction of sp³-hybridized carbons (Fsp3) is 0.125. The Morgan fingerprint density at radius 2 is 1.84 bits per heavy atom. The van der Waals surface area contributed by atoms with Gasteiger partial charge in [-0.1, -0.05) is 35.9 Å². The SMILES string of the molecule is O=c1c(Oc2ccccc2Br)coc2c3c(ccc12)OCN(Cc1ccc(Cl)cc1)C3. The molecular weight excluding hydrogens is 482 g/mol. The first-order chi connectivity index (χ1) is 15.1. The van der Waals surface area contributed by atoms with Crippen LogP contribution in [0, 0.1) is 0 Å². The molecule has 156 valence electrons. The van der Waals surface area contributed by atoms with Crippen LogP contribution in [0.2, 0.25) is 5.02 Å². The molecule has 1 aromatic heterocycles. The van der Waals surface area contributed by atoms with Crippen molar-refractivity contribution >= 4 is 38.5 Å². The number of fused-ring (bicyclic) bond motifs is 3. The Kier molecular flexibility index (Phi) is 5.44. The average molecular weight is 499 g/mol.